The fraction of sp³-hybridized carbons (Fsp3) is 0.429. The van der Waals surface area contributed by atoms with Crippen LogP contribution in [0.5, 0.6) is 11.5 Å². The second kappa shape index (κ2) is 9.36. The van der Waals surface area contributed by atoms with Gasteiger partial charge < -0.3 is 19.1 Å². The van der Waals surface area contributed by atoms with Crippen LogP contribution in [0.4, 0.5) is 4.39 Å². The maximum Gasteiger partial charge on any atom is 0.290 e. The van der Waals surface area contributed by atoms with Crippen molar-refractivity contribution in [1.82, 2.24) is 4.90 Å². The molecule has 184 valence electrons. The Bertz CT molecular complexity index is 1170. The first-order valence-corrected chi connectivity index (χ1v) is 12.1. The summed E-state index contributed by atoms with van der Waals surface area (Å²) < 4.78 is 31.1. The molecule has 0 aromatic heterocycles. The molecule has 2 aliphatic heterocycles. The Kier molecular flexibility index (Phi) is 6.26. The van der Waals surface area contributed by atoms with Crippen molar-refractivity contribution in [2.24, 2.45) is 5.92 Å². The van der Waals surface area contributed by atoms with Crippen molar-refractivity contribution in [3.8, 4) is 11.5 Å². The molecule has 0 N–H and O–H groups in total. The van der Waals surface area contributed by atoms with E-state index in [1.165, 1.54) is 0 Å². The Morgan fingerprint density at radius 2 is 1.77 bits per heavy atom. The Morgan fingerprint density at radius 1 is 1.03 bits per heavy atom. The van der Waals surface area contributed by atoms with E-state index in [4.69, 9.17) is 14.2 Å². The molecule has 6 nitrogen and oxygen atoms in total. The third-order valence-corrected chi connectivity index (χ3v) is 7.36. The Balaban J connectivity index is 1.47. The van der Waals surface area contributed by atoms with E-state index in [2.05, 4.69) is 0 Å². The van der Waals surface area contributed by atoms with Gasteiger partial charge in [0, 0.05) is 6.54 Å². The van der Waals surface area contributed by atoms with E-state index in [9.17, 15) is 14.0 Å². The van der Waals surface area contributed by atoms with Crippen LogP contribution in [0.25, 0.3) is 0 Å². The molecule has 0 bridgehead atoms. The van der Waals surface area contributed by atoms with Crippen LogP contribution in [0.2, 0.25) is 0 Å². The minimum atomic E-state index is -1.01. The number of halogens is 1. The molecule has 3 aliphatic rings. The van der Waals surface area contributed by atoms with E-state index >= 15 is 0 Å². The summed E-state index contributed by atoms with van der Waals surface area (Å²) in [5.41, 5.74) is 3.29. The Hall–Kier alpha value is -3.35. The number of amides is 1. The van der Waals surface area contributed by atoms with Crippen LogP contribution in [0, 0.1) is 12.8 Å². The summed E-state index contributed by atoms with van der Waals surface area (Å²) in [6, 6.07) is 13.0. The van der Waals surface area contributed by atoms with E-state index in [1.807, 2.05) is 49.4 Å². The zero-order valence-corrected chi connectivity index (χ0v) is 20.3. The zero-order chi connectivity index (χ0) is 24.7. The number of fused-ring (bicyclic) bond motifs is 1. The van der Waals surface area contributed by atoms with Gasteiger partial charge in [0.05, 0.1) is 31.8 Å². The molecule has 1 amide bonds. The fourth-order valence-corrected chi connectivity index (χ4v) is 5.47. The molecule has 1 aliphatic carbocycles. The van der Waals surface area contributed by atoms with Gasteiger partial charge >= 0.3 is 0 Å². The van der Waals surface area contributed by atoms with Crippen LogP contribution in [-0.2, 0) is 20.7 Å². The summed E-state index contributed by atoms with van der Waals surface area (Å²) >= 11 is 0. The molecule has 2 aromatic carbocycles. The van der Waals surface area contributed by atoms with Crippen molar-refractivity contribution in [2.45, 2.75) is 50.9 Å². The number of nitrogens with zero attached hydrogens (tertiary/aromatic N) is 1. The smallest absolute Gasteiger partial charge is 0.290 e. The molecule has 4 unspecified atom stereocenters. The first-order chi connectivity index (χ1) is 16.9. The number of ketones is 1. The monoisotopic (exact) mass is 479 g/mol. The fourth-order valence-electron chi connectivity index (χ4n) is 5.47. The zero-order valence-electron chi connectivity index (χ0n) is 20.3. The minimum Gasteiger partial charge on any atom is -0.493 e. The van der Waals surface area contributed by atoms with Crippen molar-refractivity contribution in [2.75, 3.05) is 20.8 Å². The number of hydrogen-bond acceptors (Lipinski definition) is 5. The largest absolute Gasteiger partial charge is 0.493 e. The summed E-state index contributed by atoms with van der Waals surface area (Å²) in [4.78, 5) is 29.0. The van der Waals surface area contributed by atoms with Crippen molar-refractivity contribution in [3.63, 3.8) is 0 Å². The molecule has 4 atom stereocenters. The molecule has 7 heteroatoms. The highest BCUT2D eigenvalue weighted by atomic mass is 19.1. The molecule has 2 heterocycles. The van der Waals surface area contributed by atoms with Gasteiger partial charge in [0.1, 0.15) is 12.3 Å². The number of carbonyl (C=O) groups is 2. The lowest BCUT2D eigenvalue weighted by Crippen LogP contribution is -2.42. The van der Waals surface area contributed by atoms with Gasteiger partial charge in [0.2, 0.25) is 0 Å². The second-order valence-electron chi connectivity index (χ2n) is 9.53. The Morgan fingerprint density at radius 3 is 2.49 bits per heavy atom. The van der Waals surface area contributed by atoms with Gasteiger partial charge in [0.25, 0.3) is 5.91 Å². The van der Waals surface area contributed by atoms with Crippen LogP contribution in [0.1, 0.15) is 42.0 Å². The lowest BCUT2D eigenvalue weighted by atomic mass is 9.77. The van der Waals surface area contributed by atoms with E-state index in [0.29, 0.717) is 42.9 Å². The highest BCUT2D eigenvalue weighted by Crippen LogP contribution is 2.47. The molecule has 5 rings (SSSR count). The van der Waals surface area contributed by atoms with Crippen LogP contribution in [0.15, 0.2) is 53.8 Å². The molecular weight excluding hydrogens is 449 g/mol. The van der Waals surface area contributed by atoms with Gasteiger partial charge in [-0.15, -0.1) is 0 Å². The number of hydrogen-bond donors (Lipinski definition) is 0. The van der Waals surface area contributed by atoms with Crippen LogP contribution < -0.4 is 9.47 Å². The number of methoxy groups -OCH3 is 2. The van der Waals surface area contributed by atoms with Crippen molar-refractivity contribution in [1.29, 1.82) is 0 Å². The molecule has 0 saturated heterocycles. The summed E-state index contributed by atoms with van der Waals surface area (Å²) in [7, 11) is 3.17. The van der Waals surface area contributed by atoms with Crippen LogP contribution in [0.3, 0.4) is 0 Å². The molecule has 2 aromatic rings. The van der Waals surface area contributed by atoms with E-state index in [-0.39, 0.29) is 23.9 Å². The summed E-state index contributed by atoms with van der Waals surface area (Å²) in [6.07, 6.45) is 0.0743. The average molecular weight is 480 g/mol. The number of benzene rings is 2. The predicted molar refractivity (Wildman–Crippen MR) is 128 cm³/mol. The van der Waals surface area contributed by atoms with Gasteiger partial charge in [-0.25, -0.2) is 4.39 Å². The number of carbonyl (C=O) groups excluding carboxylic acids is 2. The summed E-state index contributed by atoms with van der Waals surface area (Å²) in [5, 5.41) is 0. The van der Waals surface area contributed by atoms with Gasteiger partial charge in [-0.05, 0) is 55.9 Å². The van der Waals surface area contributed by atoms with Crippen LogP contribution in [-0.4, -0.2) is 49.6 Å². The summed E-state index contributed by atoms with van der Waals surface area (Å²) in [6.45, 7) is 2.38. The molecule has 1 fully saturated rings. The minimum absolute atomic E-state index is 0.145. The molecule has 35 heavy (non-hydrogen) atoms. The third-order valence-electron chi connectivity index (χ3n) is 7.36. The lowest BCUT2D eigenvalue weighted by Gasteiger charge is -2.36. The lowest BCUT2D eigenvalue weighted by molar-refractivity contribution is -0.136. The number of alkyl halides is 1. The molecule has 0 spiro atoms. The normalized spacial score (nSPS) is 25.8. The average Bonchev–Trinajstić information content (AvgIpc) is 3.15. The standard InChI is InChI=1S/C28H30FNO5/c1-16-4-7-18(8-5-16)25-24-26(31)20-15-19(29)9-11-21(20)35-27(24)28(32)30(25)13-12-17-6-10-22(33-2)23(14-17)34-3/h4-8,10,14,19-21,25H,9,11-13,15H2,1-3H3. The Labute approximate surface area is 204 Å². The van der Waals surface area contributed by atoms with E-state index < -0.39 is 24.2 Å². The third kappa shape index (κ3) is 4.17. The first-order valence-electron chi connectivity index (χ1n) is 12.1. The van der Waals surface area contributed by atoms with Gasteiger partial charge in [-0.1, -0.05) is 35.9 Å². The molecular formula is C28H30FNO5. The topological polar surface area (TPSA) is 65.1 Å². The number of Topliss-reactive ketones (excluding diaryl/α,β-unsaturated/α-hetero) is 1. The first kappa shape index (κ1) is 23.4. The molecule has 0 radical (unpaired) electrons. The maximum absolute atomic E-state index is 14.2. The van der Waals surface area contributed by atoms with Crippen molar-refractivity contribution >= 4 is 11.7 Å². The SMILES string of the molecule is COc1ccc(CCN2C(=O)C3=C(C(=O)C4CC(F)CCC4O3)C2c2ccc(C)cc2)cc1OC. The van der Waals surface area contributed by atoms with Crippen molar-refractivity contribution in [3.05, 3.63) is 70.5 Å². The predicted octanol–water partition coefficient (Wildman–Crippen LogP) is 4.50. The van der Waals surface area contributed by atoms with Crippen molar-refractivity contribution < 1.29 is 28.2 Å². The van der Waals surface area contributed by atoms with Crippen LogP contribution >= 0.6 is 0 Å². The second-order valence-corrected chi connectivity index (χ2v) is 9.53. The molecule has 1 saturated carbocycles. The van der Waals surface area contributed by atoms with Gasteiger partial charge in [-0.3, -0.25) is 9.59 Å². The highest BCUT2D eigenvalue weighted by molar-refractivity contribution is 6.11. The van der Waals surface area contributed by atoms with E-state index in [1.54, 1.807) is 19.1 Å². The van der Waals surface area contributed by atoms with E-state index in [0.717, 1.165) is 16.7 Å². The van der Waals surface area contributed by atoms with Gasteiger partial charge in [-0.2, -0.15) is 0 Å². The number of rotatable bonds is 6. The number of ether oxygens (including phenoxy) is 3. The summed E-state index contributed by atoms with van der Waals surface area (Å²) in [5.74, 6) is 0.436. The highest BCUT2D eigenvalue weighted by Gasteiger charge is 2.52. The quantitative estimate of drug-likeness (QED) is 0.611. The number of aryl methyl sites for hydroxylation is 1. The maximum atomic E-state index is 14.2. The van der Waals surface area contributed by atoms with Gasteiger partial charge in [0.15, 0.2) is 23.0 Å².